The summed E-state index contributed by atoms with van der Waals surface area (Å²) in [5.41, 5.74) is 8.11. The van der Waals surface area contributed by atoms with Crippen LogP contribution < -0.4 is 5.73 Å². The summed E-state index contributed by atoms with van der Waals surface area (Å²) in [4.78, 5) is 0. The second kappa shape index (κ2) is 5.64. The minimum atomic E-state index is 0.257. The first-order chi connectivity index (χ1) is 8.88. The van der Waals surface area contributed by atoms with Gasteiger partial charge in [-0.1, -0.05) is 45.9 Å². The van der Waals surface area contributed by atoms with E-state index in [2.05, 4.69) is 57.3 Å². The summed E-state index contributed by atoms with van der Waals surface area (Å²) in [6.45, 7) is 9.20. The molecule has 1 aromatic heterocycles. The average molecular weight is 275 g/mol. The van der Waals surface area contributed by atoms with E-state index in [4.69, 9.17) is 5.73 Å². The molecule has 0 amide bonds. The number of fused-ring (bicyclic) bond motifs is 1. The number of hydrogen-bond acceptors (Lipinski definition) is 2. The van der Waals surface area contributed by atoms with Gasteiger partial charge in [0.2, 0.25) is 0 Å². The Morgan fingerprint density at radius 2 is 1.89 bits per heavy atom. The molecule has 1 nitrogen and oxygen atoms in total. The van der Waals surface area contributed by atoms with Gasteiger partial charge in [0.25, 0.3) is 0 Å². The molecule has 0 aliphatic heterocycles. The Kier molecular flexibility index (Phi) is 4.32. The zero-order valence-electron chi connectivity index (χ0n) is 12.4. The van der Waals surface area contributed by atoms with Crippen LogP contribution in [0.4, 0.5) is 0 Å². The highest BCUT2D eigenvalue weighted by Gasteiger charge is 2.22. The average Bonchev–Trinajstić information content (AvgIpc) is 2.71. The molecule has 0 spiro atoms. The Hall–Kier alpha value is -0.860. The standard InChI is InChI=1S/C17H25NS/c1-12(17(2,3)4)9-14(18)10-13-11-19-16-8-6-5-7-15(13)16/h5-8,11-12,14H,9-10,18H2,1-4H3. The van der Waals surface area contributed by atoms with E-state index in [-0.39, 0.29) is 6.04 Å². The molecule has 1 heterocycles. The van der Waals surface area contributed by atoms with Gasteiger partial charge in [0.1, 0.15) is 0 Å². The molecule has 0 fully saturated rings. The van der Waals surface area contributed by atoms with Gasteiger partial charge in [-0.15, -0.1) is 11.3 Å². The molecule has 2 aromatic rings. The van der Waals surface area contributed by atoms with Crippen molar-refractivity contribution in [2.75, 3.05) is 0 Å². The maximum Gasteiger partial charge on any atom is 0.0345 e. The van der Waals surface area contributed by atoms with Crippen LogP contribution in [-0.2, 0) is 6.42 Å². The van der Waals surface area contributed by atoms with Gasteiger partial charge in [0.05, 0.1) is 0 Å². The molecule has 2 unspecified atom stereocenters. The largest absolute Gasteiger partial charge is 0.327 e. The predicted molar refractivity (Wildman–Crippen MR) is 86.7 cm³/mol. The fourth-order valence-corrected chi connectivity index (χ4v) is 3.34. The van der Waals surface area contributed by atoms with Crippen molar-refractivity contribution in [3.05, 3.63) is 35.2 Å². The van der Waals surface area contributed by atoms with Gasteiger partial charge in [0, 0.05) is 10.7 Å². The number of rotatable bonds is 4. The van der Waals surface area contributed by atoms with Crippen LogP contribution in [0.1, 0.15) is 39.7 Å². The smallest absolute Gasteiger partial charge is 0.0345 e. The zero-order chi connectivity index (χ0) is 14.0. The van der Waals surface area contributed by atoms with Crippen molar-refractivity contribution in [1.82, 2.24) is 0 Å². The van der Waals surface area contributed by atoms with Crippen LogP contribution in [0.2, 0.25) is 0 Å². The summed E-state index contributed by atoms with van der Waals surface area (Å²) < 4.78 is 1.37. The monoisotopic (exact) mass is 275 g/mol. The summed E-state index contributed by atoms with van der Waals surface area (Å²) in [6.07, 6.45) is 2.08. The third kappa shape index (κ3) is 3.58. The van der Waals surface area contributed by atoms with Crippen LogP contribution >= 0.6 is 11.3 Å². The number of hydrogen-bond donors (Lipinski definition) is 1. The Bertz CT molecular complexity index is 535. The molecule has 0 saturated heterocycles. The third-order valence-electron chi connectivity index (χ3n) is 4.18. The highest BCUT2D eigenvalue weighted by atomic mass is 32.1. The van der Waals surface area contributed by atoms with Gasteiger partial charge < -0.3 is 5.73 Å². The number of benzene rings is 1. The van der Waals surface area contributed by atoms with Gasteiger partial charge in [-0.05, 0) is 46.6 Å². The second-order valence-corrected chi connectivity index (χ2v) is 7.64. The molecule has 104 valence electrons. The minimum absolute atomic E-state index is 0.257. The van der Waals surface area contributed by atoms with Crippen LogP contribution in [0.5, 0.6) is 0 Å². The molecule has 2 rings (SSSR count). The predicted octanol–water partition coefficient (Wildman–Crippen LogP) is 4.84. The Morgan fingerprint density at radius 1 is 1.21 bits per heavy atom. The highest BCUT2D eigenvalue weighted by molar-refractivity contribution is 7.17. The Balaban J connectivity index is 2.05. The van der Waals surface area contributed by atoms with Gasteiger partial charge in [-0.2, -0.15) is 0 Å². The molecular weight excluding hydrogens is 250 g/mol. The Morgan fingerprint density at radius 3 is 2.58 bits per heavy atom. The van der Waals surface area contributed by atoms with E-state index in [1.54, 1.807) is 0 Å². The van der Waals surface area contributed by atoms with Crippen molar-refractivity contribution in [2.45, 2.75) is 46.6 Å². The van der Waals surface area contributed by atoms with Gasteiger partial charge in [-0.3, -0.25) is 0 Å². The van der Waals surface area contributed by atoms with E-state index in [1.807, 2.05) is 11.3 Å². The Labute approximate surface area is 120 Å². The summed E-state index contributed by atoms with van der Waals surface area (Å²) in [7, 11) is 0. The lowest BCUT2D eigenvalue weighted by Crippen LogP contribution is -2.30. The molecule has 0 aliphatic carbocycles. The van der Waals surface area contributed by atoms with Crippen molar-refractivity contribution < 1.29 is 0 Å². The normalized spacial score (nSPS) is 15.6. The lowest BCUT2D eigenvalue weighted by Gasteiger charge is -2.29. The van der Waals surface area contributed by atoms with E-state index in [0.29, 0.717) is 11.3 Å². The molecular formula is C17H25NS. The lowest BCUT2D eigenvalue weighted by molar-refractivity contribution is 0.233. The summed E-state index contributed by atoms with van der Waals surface area (Å²) in [5, 5.41) is 3.65. The van der Waals surface area contributed by atoms with Crippen molar-refractivity contribution >= 4 is 21.4 Å². The first-order valence-electron chi connectivity index (χ1n) is 7.08. The molecule has 19 heavy (non-hydrogen) atoms. The zero-order valence-corrected chi connectivity index (χ0v) is 13.3. The fourth-order valence-electron chi connectivity index (χ4n) is 2.36. The molecule has 2 N–H and O–H groups in total. The molecule has 0 radical (unpaired) electrons. The fraction of sp³-hybridized carbons (Fsp3) is 0.529. The highest BCUT2D eigenvalue weighted by Crippen LogP contribution is 2.31. The van der Waals surface area contributed by atoms with Gasteiger partial charge in [-0.25, -0.2) is 0 Å². The van der Waals surface area contributed by atoms with Crippen LogP contribution in [0, 0.1) is 11.3 Å². The summed E-state index contributed by atoms with van der Waals surface area (Å²) in [5.74, 6) is 0.646. The van der Waals surface area contributed by atoms with Crippen LogP contribution in [-0.4, -0.2) is 6.04 Å². The van der Waals surface area contributed by atoms with Crippen molar-refractivity contribution in [2.24, 2.45) is 17.1 Å². The van der Waals surface area contributed by atoms with E-state index >= 15 is 0 Å². The van der Waals surface area contributed by atoms with Gasteiger partial charge >= 0.3 is 0 Å². The van der Waals surface area contributed by atoms with E-state index in [1.165, 1.54) is 15.6 Å². The minimum Gasteiger partial charge on any atom is -0.327 e. The lowest BCUT2D eigenvalue weighted by atomic mass is 9.78. The van der Waals surface area contributed by atoms with E-state index in [0.717, 1.165) is 12.8 Å². The van der Waals surface area contributed by atoms with E-state index in [9.17, 15) is 0 Å². The molecule has 0 saturated carbocycles. The SMILES string of the molecule is CC(CC(N)Cc1csc2ccccc12)C(C)(C)C. The first kappa shape index (κ1) is 14.5. The first-order valence-corrected chi connectivity index (χ1v) is 7.96. The third-order valence-corrected chi connectivity index (χ3v) is 5.19. The molecule has 2 atom stereocenters. The second-order valence-electron chi connectivity index (χ2n) is 6.72. The van der Waals surface area contributed by atoms with Gasteiger partial charge in [0.15, 0.2) is 0 Å². The molecule has 0 aliphatic rings. The van der Waals surface area contributed by atoms with Crippen molar-refractivity contribution in [3.8, 4) is 0 Å². The molecule has 2 heteroatoms. The van der Waals surface area contributed by atoms with Crippen LogP contribution in [0.25, 0.3) is 10.1 Å². The van der Waals surface area contributed by atoms with E-state index < -0.39 is 0 Å². The van der Waals surface area contributed by atoms with Crippen molar-refractivity contribution in [3.63, 3.8) is 0 Å². The quantitative estimate of drug-likeness (QED) is 0.848. The topological polar surface area (TPSA) is 26.0 Å². The molecule has 1 aromatic carbocycles. The number of nitrogens with two attached hydrogens (primary N) is 1. The van der Waals surface area contributed by atoms with Crippen LogP contribution in [0.3, 0.4) is 0 Å². The summed E-state index contributed by atoms with van der Waals surface area (Å²) in [6, 6.07) is 8.87. The van der Waals surface area contributed by atoms with Crippen molar-refractivity contribution in [1.29, 1.82) is 0 Å². The summed E-state index contributed by atoms with van der Waals surface area (Å²) >= 11 is 1.82. The number of thiophene rings is 1. The maximum atomic E-state index is 6.36. The maximum absolute atomic E-state index is 6.36. The van der Waals surface area contributed by atoms with Crippen LogP contribution in [0.15, 0.2) is 29.6 Å². The molecule has 0 bridgehead atoms.